The lowest BCUT2D eigenvalue weighted by molar-refractivity contribution is -0.136. The van der Waals surface area contributed by atoms with E-state index in [2.05, 4.69) is 5.32 Å². The average Bonchev–Trinajstić information content (AvgIpc) is 2.76. The van der Waals surface area contributed by atoms with E-state index in [-0.39, 0.29) is 17.0 Å². The molecular weight excluding hydrogens is 337 g/mol. The van der Waals surface area contributed by atoms with Gasteiger partial charge in [-0.15, -0.1) is 11.3 Å². The minimum absolute atomic E-state index is 0.00207. The number of nitrogens with one attached hydrogen (secondary N) is 1. The first-order chi connectivity index (χ1) is 9.90. The molecule has 1 aromatic carbocycles. The van der Waals surface area contributed by atoms with Crippen LogP contribution in [-0.4, -0.2) is 22.2 Å². The van der Waals surface area contributed by atoms with Crippen molar-refractivity contribution in [1.82, 2.24) is 0 Å². The highest BCUT2D eigenvalue weighted by molar-refractivity contribution is 7.12. The van der Waals surface area contributed by atoms with Crippen molar-refractivity contribution in [3.63, 3.8) is 0 Å². The van der Waals surface area contributed by atoms with E-state index in [0.717, 1.165) is 11.3 Å². The second kappa shape index (κ2) is 6.34. The van der Waals surface area contributed by atoms with Gasteiger partial charge in [0.05, 0.1) is 27.8 Å². The summed E-state index contributed by atoms with van der Waals surface area (Å²) in [5.74, 6) is -2.21. The minimum atomic E-state index is -1.15. The zero-order chi connectivity index (χ0) is 15.6. The fourth-order valence-corrected chi connectivity index (χ4v) is 3.08. The highest BCUT2D eigenvalue weighted by Crippen LogP contribution is 2.37. The standard InChI is InChI=1S/C13H9Cl2NO4S/c14-7-2-1-3-8(15)11(7)16-10-6(4-9(17)18)5-21-12(10)13(19)20/h1-3,5,16H,4H2,(H,17,18)(H,19,20). The molecule has 1 heterocycles. The Bertz CT molecular complexity index is 694. The summed E-state index contributed by atoms with van der Waals surface area (Å²) in [5.41, 5.74) is 0.902. The van der Waals surface area contributed by atoms with Crippen molar-refractivity contribution in [2.24, 2.45) is 0 Å². The van der Waals surface area contributed by atoms with Crippen LogP contribution in [0.3, 0.4) is 0 Å². The second-order valence-corrected chi connectivity index (χ2v) is 5.76. The molecule has 0 atom stereocenters. The Morgan fingerprint density at radius 2 is 1.76 bits per heavy atom. The highest BCUT2D eigenvalue weighted by Gasteiger charge is 2.20. The molecule has 1 aromatic heterocycles. The molecule has 3 N–H and O–H groups in total. The Morgan fingerprint density at radius 1 is 1.14 bits per heavy atom. The van der Waals surface area contributed by atoms with Gasteiger partial charge in [0, 0.05) is 0 Å². The molecule has 21 heavy (non-hydrogen) atoms. The zero-order valence-corrected chi connectivity index (χ0v) is 12.7. The number of benzene rings is 1. The Morgan fingerprint density at radius 3 is 2.29 bits per heavy atom. The maximum absolute atomic E-state index is 11.2. The van der Waals surface area contributed by atoms with Crippen LogP contribution in [0.25, 0.3) is 0 Å². The number of hydrogen-bond acceptors (Lipinski definition) is 4. The third-order valence-corrected chi connectivity index (χ3v) is 4.26. The van der Waals surface area contributed by atoms with Crippen molar-refractivity contribution in [3.05, 3.63) is 44.1 Å². The SMILES string of the molecule is O=C(O)Cc1csc(C(=O)O)c1Nc1c(Cl)cccc1Cl. The number of thiophene rings is 1. The number of aromatic carboxylic acids is 1. The molecule has 2 aromatic rings. The van der Waals surface area contributed by atoms with Gasteiger partial charge in [0.1, 0.15) is 4.88 Å². The zero-order valence-electron chi connectivity index (χ0n) is 10.4. The summed E-state index contributed by atoms with van der Waals surface area (Å²) in [7, 11) is 0. The normalized spacial score (nSPS) is 10.4. The van der Waals surface area contributed by atoms with Gasteiger partial charge >= 0.3 is 11.9 Å². The molecule has 0 radical (unpaired) electrons. The molecule has 0 aliphatic rings. The number of carbonyl (C=O) groups is 2. The first-order valence-corrected chi connectivity index (χ1v) is 7.30. The lowest BCUT2D eigenvalue weighted by Crippen LogP contribution is -2.05. The van der Waals surface area contributed by atoms with Gasteiger partial charge in [0.25, 0.3) is 0 Å². The van der Waals surface area contributed by atoms with Gasteiger partial charge in [-0.2, -0.15) is 0 Å². The van der Waals surface area contributed by atoms with E-state index in [1.807, 2.05) is 0 Å². The summed E-state index contributed by atoms with van der Waals surface area (Å²) < 4.78 is 0. The molecule has 0 aliphatic heterocycles. The smallest absolute Gasteiger partial charge is 0.348 e. The molecule has 8 heteroatoms. The van der Waals surface area contributed by atoms with Crippen molar-refractivity contribution in [2.45, 2.75) is 6.42 Å². The van der Waals surface area contributed by atoms with Crippen LogP contribution in [0.4, 0.5) is 11.4 Å². The third-order valence-electron chi connectivity index (χ3n) is 2.62. The van der Waals surface area contributed by atoms with Crippen molar-refractivity contribution >= 4 is 57.9 Å². The van der Waals surface area contributed by atoms with E-state index in [1.54, 1.807) is 18.2 Å². The van der Waals surface area contributed by atoms with Crippen LogP contribution >= 0.6 is 34.5 Å². The summed E-state index contributed by atoms with van der Waals surface area (Å²) in [5, 5.41) is 23.0. The number of carboxylic acid groups (broad SMARTS) is 2. The summed E-state index contributed by atoms with van der Waals surface area (Å²) in [6.07, 6.45) is -0.297. The number of carboxylic acids is 2. The van der Waals surface area contributed by atoms with Crippen LogP contribution < -0.4 is 5.32 Å². The van der Waals surface area contributed by atoms with Gasteiger partial charge in [-0.3, -0.25) is 4.79 Å². The van der Waals surface area contributed by atoms with Crippen LogP contribution in [0, 0.1) is 0 Å². The molecular formula is C13H9Cl2NO4S. The molecule has 0 fully saturated rings. The molecule has 0 unspecified atom stereocenters. The Balaban J connectivity index is 2.48. The number of anilines is 2. The number of para-hydroxylation sites is 1. The summed E-state index contributed by atoms with van der Waals surface area (Å²) in [6, 6.07) is 4.85. The molecule has 0 spiro atoms. The van der Waals surface area contributed by atoms with E-state index in [9.17, 15) is 14.7 Å². The van der Waals surface area contributed by atoms with E-state index in [1.165, 1.54) is 5.38 Å². The topological polar surface area (TPSA) is 86.6 Å². The monoisotopic (exact) mass is 345 g/mol. The van der Waals surface area contributed by atoms with Crippen molar-refractivity contribution in [2.75, 3.05) is 5.32 Å². The molecule has 0 amide bonds. The van der Waals surface area contributed by atoms with Crippen LogP contribution in [0.2, 0.25) is 10.0 Å². The number of aliphatic carboxylic acids is 1. The number of hydrogen-bond donors (Lipinski definition) is 3. The van der Waals surface area contributed by atoms with Gasteiger partial charge < -0.3 is 15.5 Å². The summed E-state index contributed by atoms with van der Waals surface area (Å²) in [6.45, 7) is 0. The van der Waals surface area contributed by atoms with Gasteiger partial charge in [-0.25, -0.2) is 4.79 Å². The maximum atomic E-state index is 11.2. The van der Waals surface area contributed by atoms with Crippen molar-refractivity contribution in [1.29, 1.82) is 0 Å². The first-order valence-electron chi connectivity index (χ1n) is 5.66. The van der Waals surface area contributed by atoms with Crippen molar-refractivity contribution in [3.8, 4) is 0 Å². The van der Waals surface area contributed by atoms with Crippen molar-refractivity contribution < 1.29 is 19.8 Å². The largest absolute Gasteiger partial charge is 0.481 e. The highest BCUT2D eigenvalue weighted by atomic mass is 35.5. The molecule has 0 aliphatic carbocycles. The minimum Gasteiger partial charge on any atom is -0.481 e. The van der Waals surface area contributed by atoms with E-state index < -0.39 is 11.9 Å². The second-order valence-electron chi connectivity index (χ2n) is 4.06. The van der Waals surface area contributed by atoms with Gasteiger partial charge in [-0.1, -0.05) is 29.3 Å². The predicted molar refractivity (Wildman–Crippen MR) is 82.4 cm³/mol. The lowest BCUT2D eigenvalue weighted by atomic mass is 10.1. The van der Waals surface area contributed by atoms with E-state index in [0.29, 0.717) is 21.3 Å². The number of halogens is 2. The van der Waals surface area contributed by atoms with Gasteiger partial charge in [0.15, 0.2) is 0 Å². The predicted octanol–water partition coefficient (Wildman–Crippen LogP) is 4.12. The summed E-state index contributed by atoms with van der Waals surface area (Å²) >= 11 is 13.0. The molecule has 2 rings (SSSR count). The van der Waals surface area contributed by atoms with Crippen LogP contribution in [0.1, 0.15) is 15.2 Å². The van der Waals surface area contributed by atoms with E-state index in [4.69, 9.17) is 28.3 Å². The third kappa shape index (κ3) is 3.47. The summed E-state index contributed by atoms with van der Waals surface area (Å²) in [4.78, 5) is 22.1. The molecule has 5 nitrogen and oxygen atoms in total. The quantitative estimate of drug-likeness (QED) is 0.758. The molecule has 0 saturated carbocycles. The molecule has 0 bridgehead atoms. The van der Waals surface area contributed by atoms with Gasteiger partial charge in [0.2, 0.25) is 0 Å². The van der Waals surface area contributed by atoms with E-state index >= 15 is 0 Å². The maximum Gasteiger partial charge on any atom is 0.348 e. The Kier molecular flexibility index (Phi) is 4.72. The first kappa shape index (κ1) is 15.6. The molecule has 0 saturated heterocycles. The fraction of sp³-hybridized carbons (Fsp3) is 0.0769. The molecule has 110 valence electrons. The Hall–Kier alpha value is -1.76. The van der Waals surface area contributed by atoms with Crippen LogP contribution in [-0.2, 0) is 11.2 Å². The Labute approximate surface area is 133 Å². The number of rotatable bonds is 5. The van der Waals surface area contributed by atoms with Gasteiger partial charge in [-0.05, 0) is 23.1 Å². The van der Waals surface area contributed by atoms with Crippen LogP contribution in [0.5, 0.6) is 0 Å². The lowest BCUT2D eigenvalue weighted by Gasteiger charge is -2.12. The fourth-order valence-electron chi connectivity index (χ4n) is 1.72. The van der Waals surface area contributed by atoms with Crippen LogP contribution in [0.15, 0.2) is 23.6 Å². The average molecular weight is 346 g/mol.